The Hall–Kier alpha value is -2.43. The van der Waals surface area contributed by atoms with E-state index < -0.39 is 5.60 Å². The summed E-state index contributed by atoms with van der Waals surface area (Å²) in [7, 11) is 0. The zero-order valence-electron chi connectivity index (χ0n) is 14.1. The van der Waals surface area contributed by atoms with Crippen molar-refractivity contribution < 1.29 is 9.90 Å². The molecule has 0 saturated heterocycles. The van der Waals surface area contributed by atoms with Gasteiger partial charge in [-0.25, -0.2) is 0 Å². The van der Waals surface area contributed by atoms with E-state index in [-0.39, 0.29) is 12.5 Å². The van der Waals surface area contributed by atoms with Crippen molar-refractivity contribution in [3.63, 3.8) is 0 Å². The van der Waals surface area contributed by atoms with Gasteiger partial charge in [-0.1, -0.05) is 54.6 Å². The molecule has 2 N–H and O–H groups in total. The number of hydrogen-bond acceptors (Lipinski definition) is 3. The number of amides is 1. The van der Waals surface area contributed by atoms with Gasteiger partial charge in [-0.05, 0) is 46.0 Å². The second-order valence-corrected chi connectivity index (χ2v) is 7.08. The quantitative estimate of drug-likeness (QED) is 0.706. The van der Waals surface area contributed by atoms with Crippen LogP contribution >= 0.6 is 11.3 Å². The van der Waals surface area contributed by atoms with Crippen molar-refractivity contribution >= 4 is 17.2 Å². The normalized spacial score (nSPS) is 13.2. The first-order valence-corrected chi connectivity index (χ1v) is 9.15. The molecule has 0 bridgehead atoms. The number of hydrogen-bond donors (Lipinski definition) is 2. The maximum Gasteiger partial charge on any atom is 0.224 e. The second kappa shape index (κ2) is 7.64. The van der Waals surface area contributed by atoms with Crippen molar-refractivity contribution in [1.82, 2.24) is 5.32 Å². The Morgan fingerprint density at radius 1 is 1.04 bits per heavy atom. The lowest BCUT2D eigenvalue weighted by Gasteiger charge is -2.24. The molecule has 0 fully saturated rings. The van der Waals surface area contributed by atoms with Crippen LogP contribution < -0.4 is 5.32 Å². The molecule has 3 aromatic rings. The molecule has 0 aliphatic rings. The zero-order chi connectivity index (χ0) is 17.7. The first-order chi connectivity index (χ1) is 12.0. The Morgan fingerprint density at radius 3 is 2.36 bits per heavy atom. The monoisotopic (exact) mass is 351 g/mol. The molecule has 3 rings (SSSR count). The van der Waals surface area contributed by atoms with E-state index in [9.17, 15) is 9.90 Å². The number of nitrogens with one attached hydrogen (secondary N) is 1. The smallest absolute Gasteiger partial charge is 0.224 e. The van der Waals surface area contributed by atoms with Crippen molar-refractivity contribution in [3.8, 4) is 11.1 Å². The zero-order valence-corrected chi connectivity index (χ0v) is 14.9. The predicted octanol–water partition coefficient (Wildman–Crippen LogP) is 3.98. The summed E-state index contributed by atoms with van der Waals surface area (Å²) in [6, 6.07) is 19.8. The molecule has 1 amide bonds. The summed E-state index contributed by atoms with van der Waals surface area (Å²) in [5.74, 6) is -0.0837. The van der Waals surface area contributed by atoms with Crippen LogP contribution in [0.3, 0.4) is 0 Å². The highest BCUT2D eigenvalue weighted by atomic mass is 32.1. The highest BCUT2D eigenvalue weighted by Gasteiger charge is 2.23. The fraction of sp³-hybridized carbons (Fsp3) is 0.190. The fourth-order valence-corrected chi connectivity index (χ4v) is 3.33. The molecule has 25 heavy (non-hydrogen) atoms. The van der Waals surface area contributed by atoms with E-state index in [0.717, 1.165) is 22.3 Å². The molecule has 1 aromatic heterocycles. The summed E-state index contributed by atoms with van der Waals surface area (Å²) in [5.41, 5.74) is 2.90. The Kier molecular flexibility index (Phi) is 5.31. The van der Waals surface area contributed by atoms with Gasteiger partial charge in [0, 0.05) is 0 Å². The lowest BCUT2D eigenvalue weighted by atomic mass is 9.93. The lowest BCUT2D eigenvalue weighted by Crippen LogP contribution is -2.39. The number of carbonyl (C=O) groups excluding carboxylic acids is 1. The summed E-state index contributed by atoms with van der Waals surface area (Å²) in [6.45, 7) is 1.90. The third-order valence-electron chi connectivity index (χ3n) is 4.19. The van der Waals surface area contributed by atoms with Gasteiger partial charge in [0.25, 0.3) is 0 Å². The summed E-state index contributed by atoms with van der Waals surface area (Å²) >= 11 is 1.57. The van der Waals surface area contributed by atoms with Crippen LogP contribution in [0, 0.1) is 0 Å². The maximum atomic E-state index is 12.0. The van der Waals surface area contributed by atoms with Gasteiger partial charge in [0.1, 0.15) is 5.60 Å². The van der Waals surface area contributed by atoms with Crippen molar-refractivity contribution in [1.29, 1.82) is 0 Å². The van der Waals surface area contributed by atoms with E-state index in [1.54, 1.807) is 18.3 Å². The van der Waals surface area contributed by atoms with Crippen LogP contribution in [0.4, 0.5) is 0 Å². The molecule has 1 heterocycles. The molecule has 128 valence electrons. The van der Waals surface area contributed by atoms with Gasteiger partial charge in [0.2, 0.25) is 5.91 Å². The minimum absolute atomic E-state index is 0.0837. The topological polar surface area (TPSA) is 49.3 Å². The molecule has 0 aliphatic carbocycles. The maximum absolute atomic E-state index is 12.0. The van der Waals surface area contributed by atoms with Crippen LogP contribution in [0.1, 0.15) is 18.1 Å². The van der Waals surface area contributed by atoms with Crippen molar-refractivity contribution in [2.45, 2.75) is 18.9 Å². The molecule has 0 radical (unpaired) electrons. The molecular formula is C21H21NO2S. The van der Waals surface area contributed by atoms with Crippen LogP contribution in [0.2, 0.25) is 0 Å². The largest absolute Gasteiger partial charge is 0.384 e. The first-order valence-electron chi connectivity index (χ1n) is 8.21. The van der Waals surface area contributed by atoms with Crippen molar-refractivity contribution in [3.05, 3.63) is 82.6 Å². The second-order valence-electron chi connectivity index (χ2n) is 6.30. The molecule has 0 aliphatic heterocycles. The van der Waals surface area contributed by atoms with E-state index in [4.69, 9.17) is 0 Å². The summed E-state index contributed by atoms with van der Waals surface area (Å²) < 4.78 is 0. The number of benzene rings is 2. The highest BCUT2D eigenvalue weighted by Crippen LogP contribution is 2.24. The van der Waals surface area contributed by atoms with Gasteiger partial charge in [-0.3, -0.25) is 4.79 Å². The van der Waals surface area contributed by atoms with Gasteiger partial charge in [-0.15, -0.1) is 0 Å². The molecule has 2 aromatic carbocycles. The van der Waals surface area contributed by atoms with E-state index >= 15 is 0 Å². The molecule has 3 nitrogen and oxygen atoms in total. The van der Waals surface area contributed by atoms with E-state index in [1.807, 2.05) is 59.3 Å². The minimum Gasteiger partial charge on any atom is -0.384 e. The number of rotatable bonds is 6. The van der Waals surface area contributed by atoms with E-state index in [0.29, 0.717) is 6.42 Å². The van der Waals surface area contributed by atoms with Crippen LogP contribution in [-0.2, 0) is 16.8 Å². The van der Waals surface area contributed by atoms with Gasteiger partial charge in [-0.2, -0.15) is 11.3 Å². The van der Waals surface area contributed by atoms with Crippen molar-refractivity contribution in [2.24, 2.45) is 0 Å². The Bertz CT molecular complexity index is 809. The number of aliphatic hydroxyl groups is 1. The van der Waals surface area contributed by atoms with Crippen molar-refractivity contribution in [2.75, 3.05) is 6.54 Å². The minimum atomic E-state index is -1.11. The standard InChI is InChI=1S/C21H21NO2S/c1-21(24,15-22-20(23)13-16-11-12-25-14-16)19-9-7-18(8-10-19)17-5-3-2-4-6-17/h2-12,14,24H,13,15H2,1H3,(H,22,23). The molecular weight excluding hydrogens is 330 g/mol. The summed E-state index contributed by atoms with van der Waals surface area (Å²) in [4.78, 5) is 12.0. The SMILES string of the molecule is CC(O)(CNC(=O)Cc1ccsc1)c1ccc(-c2ccccc2)cc1. The molecule has 1 unspecified atom stereocenters. The molecule has 0 spiro atoms. The lowest BCUT2D eigenvalue weighted by molar-refractivity contribution is -0.121. The highest BCUT2D eigenvalue weighted by molar-refractivity contribution is 7.08. The van der Waals surface area contributed by atoms with Gasteiger partial charge >= 0.3 is 0 Å². The average Bonchev–Trinajstić information content (AvgIpc) is 3.14. The first kappa shape index (κ1) is 17.4. The average molecular weight is 351 g/mol. The Morgan fingerprint density at radius 2 is 1.72 bits per heavy atom. The third-order valence-corrected chi connectivity index (χ3v) is 4.92. The van der Waals surface area contributed by atoms with E-state index in [1.165, 1.54) is 0 Å². The fourth-order valence-electron chi connectivity index (χ4n) is 2.67. The van der Waals surface area contributed by atoms with Gasteiger partial charge < -0.3 is 10.4 Å². The summed E-state index contributed by atoms with van der Waals surface area (Å²) in [5, 5.41) is 17.4. The molecule has 4 heteroatoms. The number of thiophene rings is 1. The summed E-state index contributed by atoms with van der Waals surface area (Å²) in [6.07, 6.45) is 0.340. The molecule has 0 saturated carbocycles. The van der Waals surface area contributed by atoms with Crippen LogP contribution in [0.25, 0.3) is 11.1 Å². The van der Waals surface area contributed by atoms with Gasteiger partial charge in [0.05, 0.1) is 13.0 Å². The van der Waals surface area contributed by atoms with Crippen LogP contribution in [-0.4, -0.2) is 17.6 Å². The third kappa shape index (κ3) is 4.56. The van der Waals surface area contributed by atoms with Gasteiger partial charge in [0.15, 0.2) is 0 Å². The van der Waals surface area contributed by atoms with Crippen LogP contribution in [0.5, 0.6) is 0 Å². The Balaban J connectivity index is 1.62. The predicted molar refractivity (Wildman–Crippen MR) is 102 cm³/mol. The molecule has 1 atom stereocenters. The Labute approximate surface area is 152 Å². The van der Waals surface area contributed by atoms with E-state index in [2.05, 4.69) is 17.4 Å². The number of carbonyl (C=O) groups is 1. The van der Waals surface area contributed by atoms with Crippen LogP contribution in [0.15, 0.2) is 71.4 Å².